The van der Waals surface area contributed by atoms with E-state index in [2.05, 4.69) is 20.6 Å². The number of hydrogen-bond donors (Lipinski definition) is 1. The Bertz CT molecular complexity index is 1070. The zero-order chi connectivity index (χ0) is 19.3. The Morgan fingerprint density at radius 3 is 2.64 bits per heavy atom. The minimum absolute atomic E-state index is 0.223. The summed E-state index contributed by atoms with van der Waals surface area (Å²) in [6, 6.07) is 18.3. The minimum atomic E-state index is -0.223. The molecular weight excluding hydrogens is 378 g/mol. The van der Waals surface area contributed by atoms with Crippen molar-refractivity contribution in [2.75, 3.05) is 6.54 Å². The monoisotopic (exact) mass is 393 g/mol. The highest BCUT2D eigenvalue weighted by Gasteiger charge is 2.14. The molecule has 0 aliphatic heterocycles. The summed E-state index contributed by atoms with van der Waals surface area (Å²) in [6.45, 7) is 0.362. The number of benzene rings is 2. The number of amides is 1. The van der Waals surface area contributed by atoms with Crippen molar-refractivity contribution >= 4 is 17.5 Å². The average Bonchev–Trinajstić information content (AvgIpc) is 3.39. The molecule has 0 radical (unpaired) electrons. The first-order chi connectivity index (χ1) is 13.7. The molecule has 2 heterocycles. The van der Waals surface area contributed by atoms with Gasteiger partial charge in [0.05, 0.1) is 11.9 Å². The van der Waals surface area contributed by atoms with Crippen LogP contribution in [0.5, 0.6) is 0 Å². The van der Waals surface area contributed by atoms with Crippen LogP contribution < -0.4 is 5.32 Å². The molecule has 1 N–H and O–H groups in total. The Morgan fingerprint density at radius 2 is 1.86 bits per heavy atom. The molecule has 4 rings (SSSR count). The lowest BCUT2D eigenvalue weighted by Gasteiger charge is -2.07. The quantitative estimate of drug-likeness (QED) is 0.541. The lowest BCUT2D eigenvalue weighted by Crippen LogP contribution is -2.27. The highest BCUT2D eigenvalue weighted by molar-refractivity contribution is 6.30. The lowest BCUT2D eigenvalue weighted by molar-refractivity contribution is 0.0945. The van der Waals surface area contributed by atoms with Crippen molar-refractivity contribution in [2.45, 2.75) is 6.42 Å². The number of aromatic nitrogens is 4. The van der Waals surface area contributed by atoms with Crippen molar-refractivity contribution in [3.8, 4) is 17.1 Å². The molecule has 140 valence electrons. The van der Waals surface area contributed by atoms with Crippen LogP contribution >= 0.6 is 11.6 Å². The Balaban J connectivity index is 1.37. The fourth-order valence-electron chi connectivity index (χ4n) is 2.70. The summed E-state index contributed by atoms with van der Waals surface area (Å²) >= 11 is 5.88. The maximum Gasteiger partial charge on any atom is 0.270 e. The minimum Gasteiger partial charge on any atom is -0.350 e. The van der Waals surface area contributed by atoms with Gasteiger partial charge >= 0.3 is 0 Å². The molecule has 0 saturated carbocycles. The van der Waals surface area contributed by atoms with Crippen molar-refractivity contribution < 1.29 is 9.32 Å². The Morgan fingerprint density at radius 1 is 1.07 bits per heavy atom. The molecule has 0 aliphatic rings. The summed E-state index contributed by atoms with van der Waals surface area (Å²) in [7, 11) is 0. The molecule has 7 nitrogen and oxygen atoms in total. The van der Waals surface area contributed by atoms with E-state index >= 15 is 0 Å². The number of nitrogens with zero attached hydrogens (tertiary/aromatic N) is 4. The van der Waals surface area contributed by atoms with Crippen LogP contribution in [0.3, 0.4) is 0 Å². The molecule has 0 aliphatic carbocycles. The summed E-state index contributed by atoms with van der Waals surface area (Å²) in [4.78, 5) is 16.8. The number of carbonyl (C=O) groups is 1. The SMILES string of the molecule is O=C(NCCc1nc(-c2ccc(Cl)cc2)no1)c1ccnn1-c1ccccc1. The van der Waals surface area contributed by atoms with Crippen LogP contribution in [0.1, 0.15) is 16.4 Å². The molecule has 2 aromatic carbocycles. The fourth-order valence-corrected chi connectivity index (χ4v) is 2.82. The number of carbonyl (C=O) groups excluding carboxylic acids is 1. The van der Waals surface area contributed by atoms with Gasteiger partial charge in [-0.15, -0.1) is 0 Å². The Kier molecular flexibility index (Phi) is 5.16. The molecule has 4 aromatic rings. The number of nitrogens with one attached hydrogen (secondary N) is 1. The van der Waals surface area contributed by atoms with Gasteiger partial charge in [0, 0.05) is 23.6 Å². The highest BCUT2D eigenvalue weighted by Crippen LogP contribution is 2.18. The van der Waals surface area contributed by atoms with Gasteiger partial charge < -0.3 is 9.84 Å². The zero-order valence-electron chi connectivity index (χ0n) is 14.7. The molecule has 0 atom stereocenters. The van der Waals surface area contributed by atoms with Gasteiger partial charge in [0.25, 0.3) is 5.91 Å². The van der Waals surface area contributed by atoms with Crippen molar-refractivity contribution in [2.24, 2.45) is 0 Å². The van der Waals surface area contributed by atoms with E-state index in [4.69, 9.17) is 16.1 Å². The summed E-state index contributed by atoms with van der Waals surface area (Å²) < 4.78 is 6.85. The third kappa shape index (κ3) is 3.94. The third-order valence-electron chi connectivity index (χ3n) is 4.07. The predicted octanol–water partition coefficient (Wildman–Crippen LogP) is 3.55. The van der Waals surface area contributed by atoms with Gasteiger partial charge in [0.15, 0.2) is 0 Å². The zero-order valence-corrected chi connectivity index (χ0v) is 15.5. The summed E-state index contributed by atoms with van der Waals surface area (Å²) in [5, 5.41) is 11.7. The van der Waals surface area contributed by atoms with Crippen LogP contribution in [-0.4, -0.2) is 32.4 Å². The summed E-state index contributed by atoms with van der Waals surface area (Å²) in [6.07, 6.45) is 2.02. The molecule has 1 amide bonds. The summed E-state index contributed by atoms with van der Waals surface area (Å²) in [5.41, 5.74) is 2.09. The van der Waals surface area contributed by atoms with Gasteiger partial charge in [0.2, 0.25) is 11.7 Å². The second-order valence-electron chi connectivity index (χ2n) is 5.99. The van der Waals surface area contributed by atoms with Gasteiger partial charge in [-0.1, -0.05) is 35.0 Å². The van der Waals surface area contributed by atoms with Crippen molar-refractivity contribution in [3.63, 3.8) is 0 Å². The van der Waals surface area contributed by atoms with Crippen molar-refractivity contribution in [1.29, 1.82) is 0 Å². The maximum absolute atomic E-state index is 12.5. The van der Waals surface area contributed by atoms with Crippen molar-refractivity contribution in [1.82, 2.24) is 25.2 Å². The molecule has 0 bridgehead atoms. The molecule has 28 heavy (non-hydrogen) atoms. The normalized spacial score (nSPS) is 10.8. The Hall–Kier alpha value is -3.45. The molecule has 0 saturated heterocycles. The number of hydrogen-bond acceptors (Lipinski definition) is 5. The second-order valence-corrected chi connectivity index (χ2v) is 6.42. The largest absolute Gasteiger partial charge is 0.350 e. The first kappa shape index (κ1) is 17.9. The first-order valence-electron chi connectivity index (χ1n) is 8.67. The number of para-hydroxylation sites is 1. The molecule has 2 aromatic heterocycles. The van der Waals surface area contributed by atoms with Crippen LogP contribution in [0.15, 0.2) is 71.4 Å². The first-order valence-corrected chi connectivity index (χ1v) is 9.05. The smallest absolute Gasteiger partial charge is 0.270 e. The van der Waals surface area contributed by atoms with Crippen LogP contribution in [0.2, 0.25) is 5.02 Å². The second kappa shape index (κ2) is 8.06. The summed E-state index contributed by atoms with van der Waals surface area (Å²) in [5.74, 6) is 0.709. The van der Waals surface area contributed by atoms with Gasteiger partial charge in [0.1, 0.15) is 5.69 Å². The molecule has 0 spiro atoms. The Labute approximate surface area is 166 Å². The van der Waals surface area contributed by atoms with E-state index in [-0.39, 0.29) is 5.91 Å². The number of halogens is 1. The van der Waals surface area contributed by atoms with Crippen LogP contribution in [-0.2, 0) is 6.42 Å². The van der Waals surface area contributed by atoms with E-state index in [9.17, 15) is 4.79 Å². The average molecular weight is 394 g/mol. The fraction of sp³-hybridized carbons (Fsp3) is 0.100. The van der Waals surface area contributed by atoms with E-state index < -0.39 is 0 Å². The maximum atomic E-state index is 12.5. The molecule has 0 unspecified atom stereocenters. The van der Waals surface area contributed by atoms with Crippen LogP contribution in [0.25, 0.3) is 17.1 Å². The van der Waals surface area contributed by atoms with Crippen LogP contribution in [0.4, 0.5) is 0 Å². The van der Waals surface area contributed by atoms with Gasteiger partial charge in [-0.2, -0.15) is 10.1 Å². The van der Waals surface area contributed by atoms with Gasteiger partial charge in [-0.05, 0) is 42.5 Å². The van der Waals surface area contributed by atoms with E-state index in [1.807, 2.05) is 42.5 Å². The van der Waals surface area contributed by atoms with Gasteiger partial charge in [-0.3, -0.25) is 4.79 Å². The lowest BCUT2D eigenvalue weighted by atomic mass is 10.2. The third-order valence-corrected chi connectivity index (χ3v) is 4.32. The van der Waals surface area contributed by atoms with E-state index in [0.717, 1.165) is 11.3 Å². The standard InChI is InChI=1S/C20H16ClN5O2/c21-15-8-6-14(7-9-15)19-24-18(28-25-19)11-12-22-20(27)17-10-13-23-26(17)16-4-2-1-3-5-16/h1-10,13H,11-12H2,(H,22,27). The molecule has 8 heteroatoms. The predicted molar refractivity (Wildman–Crippen MR) is 104 cm³/mol. The topological polar surface area (TPSA) is 85.8 Å². The highest BCUT2D eigenvalue weighted by atomic mass is 35.5. The number of rotatable bonds is 6. The van der Waals surface area contributed by atoms with E-state index in [1.54, 1.807) is 29.1 Å². The van der Waals surface area contributed by atoms with Crippen molar-refractivity contribution in [3.05, 3.63) is 83.5 Å². The van der Waals surface area contributed by atoms with E-state index in [0.29, 0.717) is 35.4 Å². The molecule has 0 fully saturated rings. The van der Waals surface area contributed by atoms with E-state index in [1.165, 1.54) is 0 Å². The molecular formula is C20H16ClN5O2. The van der Waals surface area contributed by atoms with Crippen LogP contribution in [0, 0.1) is 0 Å². The van der Waals surface area contributed by atoms with Gasteiger partial charge in [-0.25, -0.2) is 4.68 Å².